The number of hydrogen-bond donors (Lipinski definition) is 0. The third-order valence-electron chi connectivity index (χ3n) is 17.0. The maximum Gasteiger partial charge on any atom is 0.0462 e. The SMILES string of the molecule is C(=C\c1ccc(-c2ccc(N(c3ccc(-c4ccc(/C=C/c5cccc6ccccc56)c5ccccc45)cc3)c3ccc(-c4ccc(/C=C/c5cccc6ccccc56)c5ccccc45)cc3)cc2)c2ccccc12)/c1cccc2ccccc12. The van der Waals surface area contributed by atoms with Crippen LogP contribution in [0.25, 0.3) is 134 Å². The topological polar surface area (TPSA) is 3.24 Å². The third kappa shape index (κ3) is 9.84. The van der Waals surface area contributed by atoms with Crippen molar-refractivity contribution in [2.45, 2.75) is 0 Å². The minimum Gasteiger partial charge on any atom is -0.311 e. The van der Waals surface area contributed by atoms with Crippen LogP contribution in [0.5, 0.6) is 0 Å². The first-order chi connectivity index (χ1) is 42.1. The van der Waals surface area contributed by atoms with Gasteiger partial charge in [-0.15, -0.1) is 0 Å². The molecule has 1 heteroatoms. The lowest BCUT2D eigenvalue weighted by molar-refractivity contribution is 1.28. The number of rotatable bonds is 12. The van der Waals surface area contributed by atoms with Gasteiger partial charge in [-0.2, -0.15) is 0 Å². The summed E-state index contributed by atoms with van der Waals surface area (Å²) in [5, 5.41) is 14.8. The van der Waals surface area contributed by atoms with Crippen LogP contribution in [-0.2, 0) is 0 Å². The van der Waals surface area contributed by atoms with Crippen LogP contribution in [0.1, 0.15) is 33.4 Å². The van der Waals surface area contributed by atoms with Crippen LogP contribution in [-0.4, -0.2) is 0 Å². The van der Waals surface area contributed by atoms with Gasteiger partial charge >= 0.3 is 0 Å². The molecule has 0 saturated carbocycles. The van der Waals surface area contributed by atoms with E-state index < -0.39 is 0 Å². The lowest BCUT2D eigenvalue weighted by atomic mass is 9.93. The predicted octanol–water partition coefficient (Wildman–Crippen LogP) is 23.6. The van der Waals surface area contributed by atoms with Crippen molar-refractivity contribution in [3.05, 3.63) is 343 Å². The summed E-state index contributed by atoms with van der Waals surface area (Å²) in [6.07, 6.45) is 13.5. The maximum atomic E-state index is 2.38. The Morgan fingerprint density at radius 3 is 0.671 bits per heavy atom. The minimum absolute atomic E-state index is 1.07. The summed E-state index contributed by atoms with van der Waals surface area (Å²) in [6, 6.07) is 113. The largest absolute Gasteiger partial charge is 0.311 e. The average Bonchev–Trinajstić information content (AvgIpc) is 3.72. The Bertz CT molecular complexity index is 4570. The molecular weight excluding hydrogens is 1020 g/mol. The lowest BCUT2D eigenvalue weighted by Gasteiger charge is -2.26. The highest BCUT2D eigenvalue weighted by Crippen LogP contribution is 2.42. The van der Waals surface area contributed by atoms with Gasteiger partial charge in [0.2, 0.25) is 0 Å². The van der Waals surface area contributed by atoms with Crippen LogP contribution in [0, 0.1) is 0 Å². The molecule has 0 bridgehead atoms. The van der Waals surface area contributed by atoms with E-state index >= 15 is 0 Å². The van der Waals surface area contributed by atoms with Crippen LogP contribution in [0.15, 0.2) is 309 Å². The summed E-state index contributed by atoms with van der Waals surface area (Å²) >= 11 is 0. The number of fused-ring (bicyclic) bond motifs is 6. The monoisotopic (exact) mass is 1080 g/mol. The molecule has 0 aliphatic carbocycles. The summed E-state index contributed by atoms with van der Waals surface area (Å²) in [4.78, 5) is 2.38. The quantitative estimate of drug-likeness (QED) is 0.110. The van der Waals surface area contributed by atoms with Crippen molar-refractivity contribution in [3.8, 4) is 33.4 Å². The van der Waals surface area contributed by atoms with Crippen molar-refractivity contribution < 1.29 is 0 Å². The van der Waals surface area contributed by atoms with Crippen molar-refractivity contribution in [2.24, 2.45) is 0 Å². The fourth-order valence-electron chi connectivity index (χ4n) is 12.7. The molecule has 15 aromatic rings. The van der Waals surface area contributed by atoms with Gasteiger partial charge in [0, 0.05) is 17.1 Å². The first kappa shape index (κ1) is 50.8. The van der Waals surface area contributed by atoms with E-state index in [1.54, 1.807) is 0 Å². The molecule has 0 atom stereocenters. The van der Waals surface area contributed by atoms with Crippen LogP contribution < -0.4 is 4.90 Å². The van der Waals surface area contributed by atoms with Gasteiger partial charge in [-0.05, 0) is 168 Å². The van der Waals surface area contributed by atoms with Gasteiger partial charge in [-0.3, -0.25) is 0 Å². The summed E-state index contributed by atoms with van der Waals surface area (Å²) in [5.74, 6) is 0. The van der Waals surface area contributed by atoms with Crippen molar-refractivity contribution in [2.75, 3.05) is 4.90 Å². The number of anilines is 3. The second kappa shape index (κ2) is 22.3. The van der Waals surface area contributed by atoms with E-state index in [0.717, 1.165) is 17.1 Å². The van der Waals surface area contributed by atoms with Gasteiger partial charge in [0.05, 0.1) is 0 Å². The summed E-state index contributed by atoms with van der Waals surface area (Å²) in [7, 11) is 0. The number of nitrogens with zero attached hydrogens (tertiary/aromatic N) is 1. The van der Waals surface area contributed by atoms with Gasteiger partial charge in [-0.1, -0.05) is 309 Å². The Labute approximate surface area is 496 Å². The Balaban J connectivity index is 0.779. The van der Waals surface area contributed by atoms with Crippen molar-refractivity contribution >= 4 is 118 Å². The second-order valence-corrected chi connectivity index (χ2v) is 21.9. The molecule has 15 aromatic carbocycles. The first-order valence-corrected chi connectivity index (χ1v) is 29.3. The highest BCUT2D eigenvalue weighted by Gasteiger charge is 2.17. The van der Waals surface area contributed by atoms with Gasteiger partial charge in [0.1, 0.15) is 0 Å². The van der Waals surface area contributed by atoms with E-state index in [1.807, 2.05) is 0 Å². The molecule has 0 aromatic heterocycles. The van der Waals surface area contributed by atoms with Crippen LogP contribution in [0.3, 0.4) is 0 Å². The molecule has 0 radical (unpaired) electrons. The highest BCUT2D eigenvalue weighted by molar-refractivity contribution is 6.07. The van der Waals surface area contributed by atoms with E-state index in [0.29, 0.717) is 0 Å². The van der Waals surface area contributed by atoms with E-state index in [4.69, 9.17) is 0 Å². The van der Waals surface area contributed by atoms with E-state index in [1.165, 1.54) is 131 Å². The molecule has 1 nitrogen and oxygen atoms in total. The predicted molar refractivity (Wildman–Crippen MR) is 369 cm³/mol. The molecule has 0 spiro atoms. The number of benzene rings is 15. The van der Waals surface area contributed by atoms with Crippen molar-refractivity contribution in [3.63, 3.8) is 0 Å². The number of hydrogen-bond acceptors (Lipinski definition) is 1. The Hall–Kier alpha value is -11.1. The van der Waals surface area contributed by atoms with Crippen molar-refractivity contribution in [1.82, 2.24) is 0 Å². The minimum atomic E-state index is 1.07. The summed E-state index contributed by atoms with van der Waals surface area (Å²) in [6.45, 7) is 0. The third-order valence-corrected chi connectivity index (χ3v) is 17.0. The summed E-state index contributed by atoms with van der Waals surface area (Å²) < 4.78 is 0. The second-order valence-electron chi connectivity index (χ2n) is 21.9. The van der Waals surface area contributed by atoms with Gasteiger partial charge in [-0.25, -0.2) is 0 Å². The molecule has 0 N–H and O–H groups in total. The zero-order valence-corrected chi connectivity index (χ0v) is 46.9. The van der Waals surface area contributed by atoms with Gasteiger partial charge in [0.25, 0.3) is 0 Å². The fraction of sp³-hybridized carbons (Fsp3) is 0. The molecule has 85 heavy (non-hydrogen) atoms. The van der Waals surface area contributed by atoms with Gasteiger partial charge < -0.3 is 4.90 Å². The van der Waals surface area contributed by atoms with E-state index in [2.05, 4.69) is 351 Å². The Kier molecular flexibility index (Phi) is 13.3. The molecule has 0 heterocycles. The van der Waals surface area contributed by atoms with Crippen LogP contribution in [0.2, 0.25) is 0 Å². The maximum absolute atomic E-state index is 2.38. The first-order valence-electron chi connectivity index (χ1n) is 29.3. The average molecular weight is 1080 g/mol. The molecule has 0 aliphatic heterocycles. The Morgan fingerprint density at radius 2 is 0.388 bits per heavy atom. The van der Waals surface area contributed by atoms with E-state index in [-0.39, 0.29) is 0 Å². The zero-order valence-electron chi connectivity index (χ0n) is 46.9. The zero-order chi connectivity index (χ0) is 56.5. The standard InChI is InChI=1S/C84H57N/c1-4-25-73-58(16-1)19-13-22-61(73)34-37-64-46-55-79(82-31-10-7-28-76(64)82)67-40-49-70(50-41-67)85(71-51-42-68(43-52-71)80-56-47-65(77-29-8-11-32-83(77)80)38-35-62-23-14-20-59-17-2-5-26-74(59)62)72-53-44-69(45-54-72)81-57-48-66(78-30-9-12-33-84(78)81)39-36-63-24-15-21-60-18-3-6-27-75(60)63/h1-57H/b37-34+,38-35+,39-36+. The van der Waals surface area contributed by atoms with Crippen LogP contribution in [0.4, 0.5) is 17.1 Å². The van der Waals surface area contributed by atoms with Crippen LogP contribution >= 0.6 is 0 Å². The lowest BCUT2D eigenvalue weighted by Crippen LogP contribution is -2.09. The Morgan fingerprint density at radius 1 is 0.165 bits per heavy atom. The summed E-state index contributed by atoms with van der Waals surface area (Å²) in [5.41, 5.74) is 17.5. The molecular formula is C84H57N. The fourth-order valence-corrected chi connectivity index (χ4v) is 12.7. The molecule has 15 rings (SSSR count). The normalized spacial score (nSPS) is 11.9. The molecule has 0 aliphatic rings. The van der Waals surface area contributed by atoms with Gasteiger partial charge in [0.15, 0.2) is 0 Å². The highest BCUT2D eigenvalue weighted by atomic mass is 15.1. The van der Waals surface area contributed by atoms with E-state index in [9.17, 15) is 0 Å². The molecule has 0 fully saturated rings. The van der Waals surface area contributed by atoms with Crippen molar-refractivity contribution in [1.29, 1.82) is 0 Å². The smallest absolute Gasteiger partial charge is 0.0462 e. The molecule has 0 saturated heterocycles. The molecule has 0 unspecified atom stereocenters. The molecule has 0 amide bonds. The molecule has 398 valence electrons.